The van der Waals surface area contributed by atoms with Crippen LogP contribution >= 0.6 is 0 Å². The van der Waals surface area contributed by atoms with E-state index >= 15 is 0 Å². The third-order valence-electron chi connectivity index (χ3n) is 4.11. The highest BCUT2D eigenvalue weighted by Gasteiger charge is 2.40. The summed E-state index contributed by atoms with van der Waals surface area (Å²) in [6, 6.07) is 2.21. The molecule has 17 heavy (non-hydrogen) atoms. The molecule has 4 heteroatoms. The van der Waals surface area contributed by atoms with Gasteiger partial charge >= 0.3 is 0 Å². The summed E-state index contributed by atoms with van der Waals surface area (Å²) in [4.78, 5) is 0. The van der Waals surface area contributed by atoms with Crippen molar-refractivity contribution < 1.29 is 9.47 Å². The first-order valence-corrected chi connectivity index (χ1v) is 6.47. The maximum absolute atomic E-state index is 5.75. The topological polar surface area (TPSA) is 36.3 Å². The van der Waals surface area contributed by atoms with Gasteiger partial charge in [-0.3, -0.25) is 4.68 Å². The number of ether oxygens (including phenoxy) is 2. The summed E-state index contributed by atoms with van der Waals surface area (Å²) in [6.45, 7) is 3.62. The van der Waals surface area contributed by atoms with Gasteiger partial charge in [-0.05, 0) is 25.8 Å². The van der Waals surface area contributed by atoms with Crippen LogP contribution in [0.5, 0.6) is 0 Å². The van der Waals surface area contributed by atoms with Crippen LogP contribution in [-0.2, 0) is 16.5 Å². The molecule has 0 bridgehead atoms. The standard InChI is InChI=1S/C13H20N2O2/c1-10-9-12(14-15(10)2)11-3-5-13(6-4-11)16-7-8-17-13/h9,11H,3-8H2,1-2H3. The molecule has 0 N–H and O–H groups in total. The van der Waals surface area contributed by atoms with E-state index in [0.717, 1.165) is 38.9 Å². The average Bonchev–Trinajstić information content (AvgIpc) is 2.90. The Hall–Kier alpha value is -0.870. The van der Waals surface area contributed by atoms with Gasteiger partial charge in [0.25, 0.3) is 0 Å². The van der Waals surface area contributed by atoms with Crippen LogP contribution in [0.25, 0.3) is 0 Å². The van der Waals surface area contributed by atoms with Crippen LogP contribution in [0, 0.1) is 6.92 Å². The first-order chi connectivity index (χ1) is 8.19. The molecule has 1 saturated carbocycles. The summed E-state index contributed by atoms with van der Waals surface area (Å²) < 4.78 is 13.5. The molecule has 0 atom stereocenters. The lowest BCUT2D eigenvalue weighted by molar-refractivity contribution is -0.178. The van der Waals surface area contributed by atoms with Gasteiger partial charge in [-0.15, -0.1) is 0 Å². The van der Waals surface area contributed by atoms with E-state index in [1.165, 1.54) is 11.4 Å². The number of nitrogens with zero attached hydrogens (tertiary/aromatic N) is 2. The van der Waals surface area contributed by atoms with E-state index in [-0.39, 0.29) is 5.79 Å². The van der Waals surface area contributed by atoms with E-state index in [2.05, 4.69) is 18.1 Å². The summed E-state index contributed by atoms with van der Waals surface area (Å²) in [5.41, 5.74) is 2.46. The molecule has 1 aliphatic carbocycles. The number of aromatic nitrogens is 2. The van der Waals surface area contributed by atoms with Gasteiger partial charge in [0.05, 0.1) is 18.9 Å². The van der Waals surface area contributed by atoms with Crippen molar-refractivity contribution in [2.24, 2.45) is 7.05 Å². The molecule has 1 saturated heterocycles. The van der Waals surface area contributed by atoms with Crippen LogP contribution in [0.15, 0.2) is 6.07 Å². The highest BCUT2D eigenvalue weighted by atomic mass is 16.7. The molecule has 0 aromatic carbocycles. The first-order valence-electron chi connectivity index (χ1n) is 6.47. The zero-order valence-corrected chi connectivity index (χ0v) is 10.6. The third kappa shape index (κ3) is 2.00. The minimum Gasteiger partial charge on any atom is -0.348 e. The van der Waals surface area contributed by atoms with Crippen LogP contribution in [0.3, 0.4) is 0 Å². The molecule has 3 rings (SSSR count). The fourth-order valence-electron chi connectivity index (χ4n) is 2.93. The van der Waals surface area contributed by atoms with Crippen molar-refractivity contribution in [3.05, 3.63) is 17.5 Å². The molecule has 94 valence electrons. The van der Waals surface area contributed by atoms with Crippen LogP contribution in [-0.4, -0.2) is 28.8 Å². The molecule has 0 amide bonds. The summed E-state index contributed by atoms with van der Waals surface area (Å²) in [5.74, 6) is 0.327. The van der Waals surface area contributed by atoms with Crippen molar-refractivity contribution in [2.75, 3.05) is 13.2 Å². The van der Waals surface area contributed by atoms with Crippen molar-refractivity contribution in [3.8, 4) is 0 Å². The Morgan fingerprint density at radius 3 is 2.47 bits per heavy atom. The maximum atomic E-state index is 5.75. The Kier molecular flexibility index (Phi) is 2.71. The predicted octanol–water partition coefficient (Wildman–Crippen LogP) is 2.13. The lowest BCUT2D eigenvalue weighted by Crippen LogP contribution is -2.34. The zero-order valence-electron chi connectivity index (χ0n) is 10.6. The van der Waals surface area contributed by atoms with Gasteiger partial charge in [0.15, 0.2) is 5.79 Å². The Labute approximate surface area is 102 Å². The van der Waals surface area contributed by atoms with Crippen molar-refractivity contribution in [1.29, 1.82) is 0 Å². The summed E-state index contributed by atoms with van der Waals surface area (Å²) in [7, 11) is 2.01. The molecule has 1 aliphatic heterocycles. The second-order valence-electron chi connectivity index (χ2n) is 5.22. The van der Waals surface area contributed by atoms with Crippen LogP contribution in [0.4, 0.5) is 0 Å². The molecule has 0 radical (unpaired) electrons. The van der Waals surface area contributed by atoms with E-state index in [9.17, 15) is 0 Å². The zero-order chi connectivity index (χ0) is 11.9. The summed E-state index contributed by atoms with van der Waals surface area (Å²) in [5, 5.41) is 4.58. The van der Waals surface area contributed by atoms with Crippen LogP contribution < -0.4 is 0 Å². The van der Waals surface area contributed by atoms with Crippen LogP contribution in [0.1, 0.15) is 43.0 Å². The van der Waals surface area contributed by atoms with Gasteiger partial charge < -0.3 is 9.47 Å². The van der Waals surface area contributed by atoms with E-state index < -0.39 is 0 Å². The van der Waals surface area contributed by atoms with E-state index in [1.54, 1.807) is 0 Å². The van der Waals surface area contributed by atoms with Gasteiger partial charge in [0.1, 0.15) is 0 Å². The van der Waals surface area contributed by atoms with Gasteiger partial charge in [0, 0.05) is 31.5 Å². The molecule has 1 aromatic heterocycles. The Morgan fingerprint density at radius 1 is 1.29 bits per heavy atom. The van der Waals surface area contributed by atoms with Crippen molar-refractivity contribution in [3.63, 3.8) is 0 Å². The Balaban J connectivity index is 1.68. The first kappa shape index (κ1) is 11.2. The van der Waals surface area contributed by atoms with E-state index in [4.69, 9.17) is 9.47 Å². The largest absolute Gasteiger partial charge is 0.348 e. The van der Waals surface area contributed by atoms with E-state index in [1.807, 2.05) is 11.7 Å². The number of hydrogen-bond donors (Lipinski definition) is 0. The van der Waals surface area contributed by atoms with E-state index in [0.29, 0.717) is 5.92 Å². The summed E-state index contributed by atoms with van der Waals surface area (Å²) in [6.07, 6.45) is 4.26. The lowest BCUT2D eigenvalue weighted by atomic mass is 9.83. The van der Waals surface area contributed by atoms with Crippen molar-refractivity contribution >= 4 is 0 Å². The third-order valence-corrected chi connectivity index (χ3v) is 4.11. The second kappa shape index (κ2) is 4.10. The smallest absolute Gasteiger partial charge is 0.168 e. The van der Waals surface area contributed by atoms with Crippen LogP contribution in [0.2, 0.25) is 0 Å². The van der Waals surface area contributed by atoms with Gasteiger partial charge in [-0.25, -0.2) is 0 Å². The predicted molar refractivity (Wildman–Crippen MR) is 63.8 cm³/mol. The normalized spacial score (nSPS) is 24.6. The van der Waals surface area contributed by atoms with Crippen molar-refractivity contribution in [2.45, 2.75) is 44.3 Å². The molecular formula is C13H20N2O2. The molecule has 2 fully saturated rings. The lowest BCUT2D eigenvalue weighted by Gasteiger charge is -2.34. The number of rotatable bonds is 1. The summed E-state index contributed by atoms with van der Waals surface area (Å²) >= 11 is 0. The maximum Gasteiger partial charge on any atom is 0.168 e. The minimum atomic E-state index is -0.250. The monoisotopic (exact) mass is 236 g/mol. The molecule has 2 aliphatic rings. The molecule has 4 nitrogen and oxygen atoms in total. The number of hydrogen-bond acceptors (Lipinski definition) is 3. The van der Waals surface area contributed by atoms with Gasteiger partial charge in [-0.2, -0.15) is 5.10 Å². The average molecular weight is 236 g/mol. The SMILES string of the molecule is Cc1cc(C2CCC3(CC2)OCCO3)nn1C. The highest BCUT2D eigenvalue weighted by Crippen LogP contribution is 2.41. The Bertz CT molecular complexity index is 378. The molecule has 1 spiro atoms. The number of aryl methyl sites for hydroxylation is 2. The second-order valence-corrected chi connectivity index (χ2v) is 5.22. The fourth-order valence-corrected chi connectivity index (χ4v) is 2.93. The molecule has 1 aromatic rings. The molecule has 0 unspecified atom stereocenters. The Morgan fingerprint density at radius 2 is 1.94 bits per heavy atom. The van der Waals surface area contributed by atoms with Crippen molar-refractivity contribution in [1.82, 2.24) is 9.78 Å². The molecule has 2 heterocycles. The fraction of sp³-hybridized carbons (Fsp3) is 0.769. The van der Waals surface area contributed by atoms with Gasteiger partial charge in [0.2, 0.25) is 0 Å². The quantitative estimate of drug-likeness (QED) is 0.749. The minimum absolute atomic E-state index is 0.250. The molecular weight excluding hydrogens is 216 g/mol. The van der Waals surface area contributed by atoms with Gasteiger partial charge in [-0.1, -0.05) is 0 Å². The highest BCUT2D eigenvalue weighted by molar-refractivity contribution is 5.14.